The smallest absolute Gasteiger partial charge is 0.122 e. The van der Waals surface area contributed by atoms with E-state index < -0.39 is 0 Å². The van der Waals surface area contributed by atoms with Gasteiger partial charge in [-0.05, 0) is 12.0 Å². The average molecular weight is 318 g/mol. The third kappa shape index (κ3) is 4.12. The highest BCUT2D eigenvalue weighted by Gasteiger charge is 2.33. The number of halogens is 1. The lowest BCUT2D eigenvalue weighted by atomic mass is 9.81. The summed E-state index contributed by atoms with van der Waals surface area (Å²) in [5, 5.41) is 2.54. The molecular weight excluding hydrogens is 290 g/mol. The number of benzene rings is 2. The SMILES string of the molecule is CCc1ccccc1C(CC)(CC)[NH2+]Cc1ccccc1.[Cl-]. The van der Waals surface area contributed by atoms with Crippen LogP contribution in [0.4, 0.5) is 0 Å². The molecular formula is C20H28ClN. The predicted molar refractivity (Wildman–Crippen MR) is 90.2 cm³/mol. The van der Waals surface area contributed by atoms with E-state index in [9.17, 15) is 0 Å². The average Bonchev–Trinajstić information content (AvgIpc) is 2.57. The minimum absolute atomic E-state index is 0. The van der Waals surface area contributed by atoms with E-state index in [-0.39, 0.29) is 17.9 Å². The summed E-state index contributed by atoms with van der Waals surface area (Å²) in [4.78, 5) is 0. The molecule has 0 saturated carbocycles. The highest BCUT2D eigenvalue weighted by atomic mass is 35.5. The lowest BCUT2D eigenvalue weighted by Gasteiger charge is -2.32. The third-order valence-corrected chi connectivity index (χ3v) is 4.77. The predicted octanol–water partition coefficient (Wildman–Crippen LogP) is 1.03. The molecule has 22 heavy (non-hydrogen) atoms. The largest absolute Gasteiger partial charge is 1.00 e. The first-order chi connectivity index (χ1) is 10.3. The van der Waals surface area contributed by atoms with Crippen LogP contribution in [0, 0.1) is 0 Å². The molecule has 0 saturated heterocycles. The van der Waals surface area contributed by atoms with Crippen molar-refractivity contribution >= 4 is 0 Å². The van der Waals surface area contributed by atoms with Crippen molar-refractivity contribution in [2.75, 3.05) is 0 Å². The van der Waals surface area contributed by atoms with Crippen molar-refractivity contribution in [1.29, 1.82) is 0 Å². The monoisotopic (exact) mass is 317 g/mol. The Morgan fingerprint density at radius 2 is 1.41 bits per heavy atom. The first-order valence-electron chi connectivity index (χ1n) is 8.22. The molecule has 0 aliphatic rings. The maximum Gasteiger partial charge on any atom is 0.122 e. The molecule has 2 aromatic rings. The standard InChI is InChI=1S/C20H27N.ClH/c1-4-18-14-10-11-15-19(18)20(5-2,6-3)21-16-17-12-8-7-9-13-17;/h7-15,21H,4-6,16H2,1-3H3;1H. The first-order valence-corrected chi connectivity index (χ1v) is 8.22. The second-order valence-electron chi connectivity index (χ2n) is 5.77. The summed E-state index contributed by atoms with van der Waals surface area (Å²) in [7, 11) is 0. The lowest BCUT2D eigenvalue weighted by Crippen LogP contribution is -3.00. The Morgan fingerprint density at radius 3 is 2.00 bits per heavy atom. The van der Waals surface area contributed by atoms with Gasteiger partial charge in [0.05, 0.1) is 0 Å². The molecule has 120 valence electrons. The molecule has 0 fully saturated rings. The van der Waals surface area contributed by atoms with Crippen molar-refractivity contribution in [3.05, 3.63) is 71.3 Å². The summed E-state index contributed by atoms with van der Waals surface area (Å²) in [5.41, 5.74) is 4.61. The van der Waals surface area contributed by atoms with Gasteiger partial charge in [-0.3, -0.25) is 0 Å². The van der Waals surface area contributed by atoms with Gasteiger partial charge < -0.3 is 17.7 Å². The van der Waals surface area contributed by atoms with Gasteiger partial charge in [0.25, 0.3) is 0 Å². The molecule has 0 amide bonds. The van der Waals surface area contributed by atoms with E-state index in [4.69, 9.17) is 0 Å². The van der Waals surface area contributed by atoms with Gasteiger partial charge in [-0.15, -0.1) is 0 Å². The number of hydrogen-bond donors (Lipinski definition) is 1. The highest BCUT2D eigenvalue weighted by molar-refractivity contribution is 5.32. The van der Waals surface area contributed by atoms with Crippen LogP contribution in [0.15, 0.2) is 54.6 Å². The Morgan fingerprint density at radius 1 is 0.818 bits per heavy atom. The van der Waals surface area contributed by atoms with Crippen molar-refractivity contribution < 1.29 is 17.7 Å². The Hall–Kier alpha value is -1.31. The molecule has 0 radical (unpaired) electrons. The van der Waals surface area contributed by atoms with Crippen LogP contribution in [0.1, 0.15) is 50.3 Å². The third-order valence-electron chi connectivity index (χ3n) is 4.77. The Bertz CT molecular complexity index is 547. The minimum atomic E-state index is 0. The number of hydrogen-bond acceptors (Lipinski definition) is 0. The lowest BCUT2D eigenvalue weighted by molar-refractivity contribution is -0.752. The summed E-state index contributed by atoms with van der Waals surface area (Å²) in [6.07, 6.45) is 3.43. The van der Waals surface area contributed by atoms with Crippen LogP contribution in [-0.4, -0.2) is 0 Å². The van der Waals surface area contributed by atoms with Crippen molar-refractivity contribution in [2.45, 2.75) is 52.1 Å². The second-order valence-corrected chi connectivity index (χ2v) is 5.77. The minimum Gasteiger partial charge on any atom is -1.00 e. The van der Waals surface area contributed by atoms with Gasteiger partial charge in [0.15, 0.2) is 0 Å². The Labute approximate surface area is 141 Å². The number of aryl methyl sites for hydroxylation is 1. The van der Waals surface area contributed by atoms with Gasteiger partial charge in [-0.2, -0.15) is 0 Å². The van der Waals surface area contributed by atoms with Crippen LogP contribution in [-0.2, 0) is 18.5 Å². The van der Waals surface area contributed by atoms with Crippen LogP contribution in [0.2, 0.25) is 0 Å². The second kappa shape index (κ2) is 8.97. The van der Waals surface area contributed by atoms with Gasteiger partial charge in [0, 0.05) is 24.0 Å². The zero-order valence-electron chi connectivity index (χ0n) is 14.0. The zero-order chi connectivity index (χ0) is 15.1. The zero-order valence-corrected chi connectivity index (χ0v) is 14.7. The molecule has 0 bridgehead atoms. The molecule has 0 aromatic heterocycles. The van der Waals surface area contributed by atoms with Gasteiger partial charge in [0.2, 0.25) is 0 Å². The van der Waals surface area contributed by atoms with E-state index in [0.29, 0.717) is 0 Å². The van der Waals surface area contributed by atoms with Crippen LogP contribution in [0.25, 0.3) is 0 Å². The summed E-state index contributed by atoms with van der Waals surface area (Å²) >= 11 is 0. The summed E-state index contributed by atoms with van der Waals surface area (Å²) < 4.78 is 0. The first kappa shape index (κ1) is 18.7. The number of nitrogens with two attached hydrogens (primary N) is 1. The molecule has 2 aromatic carbocycles. The molecule has 0 atom stereocenters. The van der Waals surface area contributed by atoms with Gasteiger partial charge >= 0.3 is 0 Å². The number of rotatable bonds is 7. The van der Waals surface area contributed by atoms with E-state index in [1.807, 2.05) is 0 Å². The van der Waals surface area contributed by atoms with Crippen molar-refractivity contribution in [2.24, 2.45) is 0 Å². The molecule has 0 spiro atoms. The van der Waals surface area contributed by atoms with Gasteiger partial charge in [-0.1, -0.05) is 75.4 Å². The van der Waals surface area contributed by atoms with Gasteiger partial charge in [0.1, 0.15) is 12.1 Å². The fourth-order valence-electron chi connectivity index (χ4n) is 3.27. The molecule has 2 N–H and O–H groups in total. The van der Waals surface area contributed by atoms with E-state index in [0.717, 1.165) is 25.8 Å². The van der Waals surface area contributed by atoms with Crippen molar-refractivity contribution in [3.8, 4) is 0 Å². The quantitative estimate of drug-likeness (QED) is 0.785. The van der Waals surface area contributed by atoms with Gasteiger partial charge in [-0.25, -0.2) is 0 Å². The van der Waals surface area contributed by atoms with E-state index >= 15 is 0 Å². The number of quaternary nitrogens is 1. The summed E-state index contributed by atoms with van der Waals surface area (Å²) in [6, 6.07) is 19.7. The summed E-state index contributed by atoms with van der Waals surface area (Å²) in [5.74, 6) is 0. The van der Waals surface area contributed by atoms with Crippen LogP contribution < -0.4 is 17.7 Å². The van der Waals surface area contributed by atoms with E-state index in [1.165, 1.54) is 16.7 Å². The van der Waals surface area contributed by atoms with Crippen molar-refractivity contribution in [1.82, 2.24) is 0 Å². The maximum absolute atomic E-state index is 2.54. The molecule has 0 unspecified atom stereocenters. The highest BCUT2D eigenvalue weighted by Crippen LogP contribution is 2.28. The van der Waals surface area contributed by atoms with Crippen molar-refractivity contribution in [3.63, 3.8) is 0 Å². The van der Waals surface area contributed by atoms with E-state index in [2.05, 4.69) is 80.7 Å². The Kier molecular flexibility index (Phi) is 7.64. The fourth-order valence-corrected chi connectivity index (χ4v) is 3.27. The van der Waals surface area contributed by atoms with Crippen LogP contribution in [0.3, 0.4) is 0 Å². The molecule has 2 heteroatoms. The topological polar surface area (TPSA) is 16.6 Å². The van der Waals surface area contributed by atoms with Crippen LogP contribution >= 0.6 is 0 Å². The normalized spacial score (nSPS) is 11.0. The van der Waals surface area contributed by atoms with E-state index in [1.54, 1.807) is 0 Å². The van der Waals surface area contributed by atoms with Crippen LogP contribution in [0.5, 0.6) is 0 Å². The summed E-state index contributed by atoms with van der Waals surface area (Å²) in [6.45, 7) is 7.93. The molecule has 0 aliphatic carbocycles. The Balaban J connectivity index is 0.00000242. The maximum atomic E-state index is 2.54. The molecule has 2 rings (SSSR count). The molecule has 1 nitrogen and oxygen atoms in total. The fraction of sp³-hybridized carbons (Fsp3) is 0.400. The molecule has 0 aliphatic heterocycles. The molecule has 0 heterocycles.